The van der Waals surface area contributed by atoms with Gasteiger partial charge in [0.2, 0.25) is 0 Å². The standard InChI is InChI=1S/C19H25F3N2O2/c20-19(21,22)8-9-24(13-4-2-1-3-5-13)17-7-6-12(10-16(17)23)14-11-15(14)18(25)26/h6-7,10,13-15H,1-5,8-9,11,23H2,(H,25,26). The number of halogens is 3. The van der Waals surface area contributed by atoms with Crippen molar-refractivity contribution in [1.29, 1.82) is 0 Å². The van der Waals surface area contributed by atoms with Gasteiger partial charge in [-0.25, -0.2) is 0 Å². The van der Waals surface area contributed by atoms with Crippen molar-refractivity contribution in [3.05, 3.63) is 23.8 Å². The predicted octanol–water partition coefficient (Wildman–Crippen LogP) is 4.55. The molecule has 2 fully saturated rings. The smallest absolute Gasteiger partial charge is 0.390 e. The first-order valence-electron chi connectivity index (χ1n) is 9.22. The van der Waals surface area contributed by atoms with E-state index >= 15 is 0 Å². The number of alkyl halides is 3. The second-order valence-corrected chi connectivity index (χ2v) is 7.46. The number of hydrogen-bond donors (Lipinski definition) is 2. The van der Waals surface area contributed by atoms with Gasteiger partial charge in [-0.3, -0.25) is 4.79 Å². The van der Waals surface area contributed by atoms with Gasteiger partial charge in [0.15, 0.2) is 0 Å². The van der Waals surface area contributed by atoms with Gasteiger partial charge >= 0.3 is 12.1 Å². The summed E-state index contributed by atoms with van der Waals surface area (Å²) >= 11 is 0. The zero-order chi connectivity index (χ0) is 18.9. The molecule has 3 rings (SSSR count). The fourth-order valence-corrected chi connectivity index (χ4v) is 4.04. The van der Waals surface area contributed by atoms with Gasteiger partial charge in [0.1, 0.15) is 0 Å². The minimum Gasteiger partial charge on any atom is -0.481 e. The molecule has 7 heteroatoms. The third-order valence-corrected chi connectivity index (χ3v) is 5.55. The number of aliphatic carboxylic acids is 1. The van der Waals surface area contributed by atoms with Crippen molar-refractivity contribution in [2.75, 3.05) is 17.2 Å². The lowest BCUT2D eigenvalue weighted by atomic mass is 9.93. The van der Waals surface area contributed by atoms with E-state index in [0.29, 0.717) is 17.8 Å². The van der Waals surface area contributed by atoms with Crippen LogP contribution in [0.25, 0.3) is 0 Å². The van der Waals surface area contributed by atoms with Crippen molar-refractivity contribution >= 4 is 17.3 Å². The third-order valence-electron chi connectivity index (χ3n) is 5.55. The molecule has 0 radical (unpaired) electrons. The van der Waals surface area contributed by atoms with E-state index in [9.17, 15) is 18.0 Å². The molecule has 1 aromatic carbocycles. The SMILES string of the molecule is Nc1cc(C2CC2C(=O)O)ccc1N(CCC(F)(F)F)C1CCCCC1. The molecule has 2 atom stereocenters. The van der Waals surface area contributed by atoms with Crippen LogP contribution in [0.15, 0.2) is 18.2 Å². The van der Waals surface area contributed by atoms with Gasteiger partial charge in [-0.05, 0) is 42.9 Å². The van der Waals surface area contributed by atoms with Crippen molar-refractivity contribution in [1.82, 2.24) is 0 Å². The van der Waals surface area contributed by atoms with Crippen LogP contribution in [0.1, 0.15) is 56.4 Å². The van der Waals surface area contributed by atoms with Crippen molar-refractivity contribution in [3.63, 3.8) is 0 Å². The Balaban J connectivity index is 1.79. The summed E-state index contributed by atoms with van der Waals surface area (Å²) in [6.45, 7) is -0.0983. The molecule has 0 aliphatic heterocycles. The number of carboxylic acid groups (broad SMARTS) is 1. The maximum Gasteiger partial charge on any atom is 0.390 e. The average molecular weight is 370 g/mol. The zero-order valence-corrected chi connectivity index (χ0v) is 14.6. The summed E-state index contributed by atoms with van der Waals surface area (Å²) in [5.41, 5.74) is 8.12. The normalized spacial score (nSPS) is 23.7. The molecule has 144 valence electrons. The molecule has 2 unspecified atom stereocenters. The highest BCUT2D eigenvalue weighted by molar-refractivity contribution is 5.76. The lowest BCUT2D eigenvalue weighted by Crippen LogP contribution is -2.39. The van der Waals surface area contributed by atoms with Crippen LogP contribution >= 0.6 is 0 Å². The topological polar surface area (TPSA) is 66.6 Å². The Labute approximate surface area is 151 Å². The summed E-state index contributed by atoms with van der Waals surface area (Å²) < 4.78 is 38.3. The molecule has 2 aliphatic carbocycles. The number of nitrogens with two attached hydrogens (primary N) is 1. The summed E-state index contributed by atoms with van der Waals surface area (Å²) in [7, 11) is 0. The van der Waals surface area contributed by atoms with E-state index in [1.807, 2.05) is 11.0 Å². The number of hydrogen-bond acceptors (Lipinski definition) is 3. The van der Waals surface area contributed by atoms with Gasteiger partial charge in [-0.1, -0.05) is 25.3 Å². The maximum atomic E-state index is 12.8. The molecular formula is C19H25F3N2O2. The second kappa shape index (κ2) is 7.37. The first-order chi connectivity index (χ1) is 12.3. The molecule has 3 N–H and O–H groups in total. The van der Waals surface area contributed by atoms with Gasteiger partial charge in [-0.2, -0.15) is 13.2 Å². The lowest BCUT2D eigenvalue weighted by Gasteiger charge is -2.37. The third kappa shape index (κ3) is 4.43. The van der Waals surface area contributed by atoms with E-state index in [0.717, 1.165) is 37.7 Å². The van der Waals surface area contributed by atoms with Crippen molar-refractivity contribution in [3.8, 4) is 0 Å². The number of carbonyl (C=O) groups is 1. The Morgan fingerprint density at radius 1 is 1.23 bits per heavy atom. The first kappa shape index (κ1) is 18.9. The Hall–Kier alpha value is -1.92. The minimum absolute atomic E-state index is 0.0397. The molecule has 4 nitrogen and oxygen atoms in total. The summed E-state index contributed by atoms with van der Waals surface area (Å²) in [4.78, 5) is 12.9. The summed E-state index contributed by atoms with van der Waals surface area (Å²) in [5, 5.41) is 9.07. The van der Waals surface area contributed by atoms with Crippen LogP contribution in [0.4, 0.5) is 24.5 Å². The summed E-state index contributed by atoms with van der Waals surface area (Å²) in [6.07, 6.45) is 0.441. The van der Waals surface area contributed by atoms with E-state index in [4.69, 9.17) is 10.8 Å². The quantitative estimate of drug-likeness (QED) is 0.721. The number of anilines is 2. The van der Waals surface area contributed by atoms with Gasteiger partial charge in [0.25, 0.3) is 0 Å². The van der Waals surface area contributed by atoms with Gasteiger partial charge in [0, 0.05) is 12.6 Å². The number of carboxylic acids is 1. The molecule has 0 saturated heterocycles. The Morgan fingerprint density at radius 3 is 2.46 bits per heavy atom. The zero-order valence-electron chi connectivity index (χ0n) is 14.6. The molecule has 2 aliphatic rings. The predicted molar refractivity (Wildman–Crippen MR) is 94.2 cm³/mol. The van der Waals surface area contributed by atoms with Gasteiger partial charge < -0.3 is 15.7 Å². The molecule has 0 spiro atoms. The second-order valence-electron chi connectivity index (χ2n) is 7.46. The molecular weight excluding hydrogens is 345 g/mol. The highest BCUT2D eigenvalue weighted by Gasteiger charge is 2.44. The van der Waals surface area contributed by atoms with E-state index in [-0.39, 0.29) is 24.4 Å². The van der Waals surface area contributed by atoms with Crippen LogP contribution < -0.4 is 10.6 Å². The van der Waals surface area contributed by atoms with Crippen LogP contribution in [-0.2, 0) is 4.79 Å². The molecule has 1 aromatic rings. The highest BCUT2D eigenvalue weighted by Crippen LogP contribution is 2.48. The van der Waals surface area contributed by atoms with Crippen molar-refractivity contribution in [2.45, 2.75) is 63.1 Å². The molecule has 0 aromatic heterocycles. The molecule has 2 saturated carbocycles. The van der Waals surface area contributed by atoms with E-state index in [2.05, 4.69) is 0 Å². The van der Waals surface area contributed by atoms with Gasteiger partial charge in [0.05, 0.1) is 23.7 Å². The van der Waals surface area contributed by atoms with Crippen LogP contribution in [0, 0.1) is 5.92 Å². The summed E-state index contributed by atoms with van der Waals surface area (Å²) in [6, 6.07) is 5.41. The molecule has 26 heavy (non-hydrogen) atoms. The number of benzene rings is 1. The maximum absolute atomic E-state index is 12.8. The largest absolute Gasteiger partial charge is 0.481 e. The number of rotatable bonds is 6. The fourth-order valence-electron chi connectivity index (χ4n) is 4.04. The summed E-state index contributed by atoms with van der Waals surface area (Å²) in [5.74, 6) is -1.23. The molecule has 0 amide bonds. The van der Waals surface area contributed by atoms with E-state index in [1.165, 1.54) is 0 Å². The molecule has 0 heterocycles. The lowest BCUT2D eigenvalue weighted by molar-refractivity contribution is -0.138. The van der Waals surface area contributed by atoms with Crippen LogP contribution in [0.2, 0.25) is 0 Å². The van der Waals surface area contributed by atoms with Crippen LogP contribution in [-0.4, -0.2) is 29.8 Å². The van der Waals surface area contributed by atoms with E-state index < -0.39 is 18.6 Å². The van der Waals surface area contributed by atoms with Crippen molar-refractivity contribution in [2.24, 2.45) is 5.92 Å². The highest BCUT2D eigenvalue weighted by atomic mass is 19.4. The Kier molecular flexibility index (Phi) is 5.34. The Bertz CT molecular complexity index is 657. The minimum atomic E-state index is -4.20. The first-order valence-corrected chi connectivity index (χ1v) is 9.22. The van der Waals surface area contributed by atoms with E-state index in [1.54, 1.807) is 12.1 Å². The average Bonchev–Trinajstić information content (AvgIpc) is 3.37. The number of nitrogen functional groups attached to an aromatic ring is 1. The van der Waals surface area contributed by atoms with Crippen molar-refractivity contribution < 1.29 is 23.1 Å². The monoisotopic (exact) mass is 370 g/mol. The number of nitrogens with zero attached hydrogens (tertiary/aromatic N) is 1. The molecule has 0 bridgehead atoms. The fraction of sp³-hybridized carbons (Fsp3) is 0.632. The van der Waals surface area contributed by atoms with Crippen LogP contribution in [0.3, 0.4) is 0 Å². The van der Waals surface area contributed by atoms with Crippen LogP contribution in [0.5, 0.6) is 0 Å². The van der Waals surface area contributed by atoms with Gasteiger partial charge in [-0.15, -0.1) is 0 Å². The Morgan fingerprint density at radius 2 is 1.92 bits per heavy atom.